The predicted molar refractivity (Wildman–Crippen MR) is 67.6 cm³/mol. The first kappa shape index (κ1) is 11.6. The molecule has 1 aliphatic heterocycles. The number of nitrogens with one attached hydrogen (secondary N) is 1. The summed E-state index contributed by atoms with van der Waals surface area (Å²) in [4.78, 5) is 0. The monoisotopic (exact) mass is 239 g/mol. The van der Waals surface area contributed by atoms with Crippen molar-refractivity contribution in [2.45, 2.75) is 6.04 Å². The molecule has 1 aromatic rings. The first-order valence-electron chi connectivity index (χ1n) is 5.38. The number of ether oxygens (including phenoxy) is 2. The molecular weight excluding hydrogens is 222 g/mol. The van der Waals surface area contributed by atoms with E-state index in [-0.39, 0.29) is 0 Å². The van der Waals surface area contributed by atoms with E-state index in [0.717, 1.165) is 23.8 Å². The van der Waals surface area contributed by atoms with E-state index in [1.54, 1.807) is 14.2 Å². The Labute approximate surface area is 101 Å². The second kappa shape index (κ2) is 5.46. The van der Waals surface area contributed by atoms with Gasteiger partial charge in [-0.05, 0) is 18.2 Å². The van der Waals surface area contributed by atoms with Gasteiger partial charge >= 0.3 is 0 Å². The van der Waals surface area contributed by atoms with Crippen LogP contribution in [0.3, 0.4) is 0 Å². The normalized spacial score (nSPS) is 20.5. The van der Waals surface area contributed by atoms with E-state index in [1.165, 1.54) is 11.3 Å². The van der Waals surface area contributed by atoms with Crippen molar-refractivity contribution in [3.63, 3.8) is 0 Å². The maximum Gasteiger partial charge on any atom is 0.123 e. The molecule has 0 amide bonds. The molecule has 88 valence electrons. The Bertz CT molecular complexity index is 351. The minimum absolute atomic E-state index is 0.365. The standard InChI is InChI=1S/C12H17NO2S/c1-14-9-3-4-12(15-2)10(7-9)11-8-16-6-5-13-11/h3-4,7,11,13H,5-6,8H2,1-2H3. The van der Waals surface area contributed by atoms with Gasteiger partial charge in [-0.25, -0.2) is 0 Å². The van der Waals surface area contributed by atoms with Gasteiger partial charge in [-0.3, -0.25) is 0 Å². The number of thioether (sulfide) groups is 1. The molecule has 0 spiro atoms. The Hall–Kier alpha value is -0.870. The number of methoxy groups -OCH3 is 2. The molecule has 1 unspecified atom stereocenters. The van der Waals surface area contributed by atoms with Gasteiger partial charge in [0.05, 0.1) is 14.2 Å². The van der Waals surface area contributed by atoms with Gasteiger partial charge in [0.1, 0.15) is 11.5 Å². The van der Waals surface area contributed by atoms with Crippen LogP contribution in [0.1, 0.15) is 11.6 Å². The van der Waals surface area contributed by atoms with Gasteiger partial charge in [0.15, 0.2) is 0 Å². The molecule has 16 heavy (non-hydrogen) atoms. The first-order chi connectivity index (χ1) is 7.85. The fraction of sp³-hybridized carbons (Fsp3) is 0.500. The molecule has 3 nitrogen and oxygen atoms in total. The molecular formula is C12H17NO2S. The van der Waals surface area contributed by atoms with Crippen LogP contribution in [0.25, 0.3) is 0 Å². The zero-order chi connectivity index (χ0) is 11.4. The minimum atomic E-state index is 0.365. The lowest BCUT2D eigenvalue weighted by atomic mass is 10.1. The molecule has 0 bridgehead atoms. The van der Waals surface area contributed by atoms with Crippen molar-refractivity contribution >= 4 is 11.8 Å². The summed E-state index contributed by atoms with van der Waals surface area (Å²) in [5.41, 5.74) is 1.19. The number of rotatable bonds is 3. The third-order valence-electron chi connectivity index (χ3n) is 2.73. The predicted octanol–water partition coefficient (Wildman–Crippen LogP) is 2.08. The van der Waals surface area contributed by atoms with Crippen molar-refractivity contribution in [2.75, 3.05) is 32.3 Å². The molecule has 1 atom stereocenters. The molecule has 4 heteroatoms. The van der Waals surface area contributed by atoms with Crippen molar-refractivity contribution in [3.05, 3.63) is 23.8 Å². The van der Waals surface area contributed by atoms with E-state index in [4.69, 9.17) is 9.47 Å². The highest BCUT2D eigenvalue weighted by Crippen LogP contribution is 2.32. The number of hydrogen-bond acceptors (Lipinski definition) is 4. The molecule has 1 fully saturated rings. The maximum atomic E-state index is 5.39. The maximum absolute atomic E-state index is 5.39. The Balaban J connectivity index is 2.27. The van der Waals surface area contributed by atoms with Crippen LogP contribution in [-0.4, -0.2) is 32.3 Å². The van der Waals surface area contributed by atoms with Crippen molar-refractivity contribution in [1.29, 1.82) is 0 Å². The summed E-state index contributed by atoms with van der Waals surface area (Å²) in [5.74, 6) is 4.08. The highest BCUT2D eigenvalue weighted by Gasteiger charge is 2.19. The molecule has 0 aliphatic carbocycles. The fourth-order valence-corrected chi connectivity index (χ4v) is 2.84. The number of hydrogen-bond donors (Lipinski definition) is 1. The smallest absolute Gasteiger partial charge is 0.123 e. The lowest BCUT2D eigenvalue weighted by Crippen LogP contribution is -2.30. The Morgan fingerprint density at radius 1 is 1.31 bits per heavy atom. The van der Waals surface area contributed by atoms with E-state index in [1.807, 2.05) is 23.9 Å². The average Bonchev–Trinajstić information content (AvgIpc) is 2.39. The van der Waals surface area contributed by atoms with Gasteiger partial charge in [0.2, 0.25) is 0 Å². The highest BCUT2D eigenvalue weighted by molar-refractivity contribution is 7.99. The van der Waals surface area contributed by atoms with Crippen LogP contribution < -0.4 is 14.8 Å². The van der Waals surface area contributed by atoms with E-state index >= 15 is 0 Å². The van der Waals surface area contributed by atoms with E-state index in [0.29, 0.717) is 6.04 Å². The zero-order valence-corrected chi connectivity index (χ0v) is 10.5. The topological polar surface area (TPSA) is 30.5 Å². The molecule has 1 N–H and O–H groups in total. The molecule has 2 rings (SSSR count). The van der Waals surface area contributed by atoms with Crippen LogP contribution in [0, 0.1) is 0 Å². The van der Waals surface area contributed by atoms with Crippen molar-refractivity contribution in [1.82, 2.24) is 5.32 Å². The zero-order valence-electron chi connectivity index (χ0n) is 9.66. The van der Waals surface area contributed by atoms with Crippen molar-refractivity contribution in [2.24, 2.45) is 0 Å². The minimum Gasteiger partial charge on any atom is -0.497 e. The summed E-state index contributed by atoms with van der Waals surface area (Å²) in [6.07, 6.45) is 0. The van der Waals surface area contributed by atoms with E-state index in [9.17, 15) is 0 Å². The number of benzene rings is 1. The average molecular weight is 239 g/mol. The Kier molecular flexibility index (Phi) is 3.96. The van der Waals surface area contributed by atoms with Gasteiger partial charge in [-0.1, -0.05) is 0 Å². The second-order valence-electron chi connectivity index (χ2n) is 3.69. The van der Waals surface area contributed by atoms with Gasteiger partial charge in [0.25, 0.3) is 0 Å². The summed E-state index contributed by atoms with van der Waals surface area (Å²) in [7, 11) is 3.40. The molecule has 1 aliphatic rings. The summed E-state index contributed by atoms with van der Waals surface area (Å²) >= 11 is 1.97. The van der Waals surface area contributed by atoms with Gasteiger partial charge in [0, 0.05) is 29.7 Å². The molecule has 1 aromatic carbocycles. The Morgan fingerprint density at radius 2 is 2.19 bits per heavy atom. The van der Waals surface area contributed by atoms with Crippen LogP contribution in [0.2, 0.25) is 0 Å². The summed E-state index contributed by atoms with van der Waals surface area (Å²) in [6.45, 7) is 1.05. The molecule has 1 saturated heterocycles. The highest BCUT2D eigenvalue weighted by atomic mass is 32.2. The van der Waals surface area contributed by atoms with Crippen LogP contribution >= 0.6 is 11.8 Å². The Morgan fingerprint density at radius 3 is 2.81 bits per heavy atom. The summed E-state index contributed by atoms with van der Waals surface area (Å²) in [6, 6.07) is 6.32. The first-order valence-corrected chi connectivity index (χ1v) is 6.53. The summed E-state index contributed by atoms with van der Waals surface area (Å²) < 4.78 is 10.6. The SMILES string of the molecule is COc1ccc(OC)c(C2CSCCN2)c1. The second-order valence-corrected chi connectivity index (χ2v) is 4.84. The van der Waals surface area contributed by atoms with Gasteiger partial charge in [-0.2, -0.15) is 11.8 Å². The lowest BCUT2D eigenvalue weighted by molar-refractivity contribution is 0.392. The molecule has 0 radical (unpaired) electrons. The largest absolute Gasteiger partial charge is 0.497 e. The van der Waals surface area contributed by atoms with Crippen molar-refractivity contribution < 1.29 is 9.47 Å². The van der Waals surface area contributed by atoms with E-state index in [2.05, 4.69) is 11.4 Å². The van der Waals surface area contributed by atoms with Crippen LogP contribution in [0.4, 0.5) is 0 Å². The van der Waals surface area contributed by atoms with Crippen LogP contribution in [0.5, 0.6) is 11.5 Å². The van der Waals surface area contributed by atoms with Crippen LogP contribution in [0.15, 0.2) is 18.2 Å². The molecule has 0 aromatic heterocycles. The third kappa shape index (κ3) is 2.44. The van der Waals surface area contributed by atoms with Crippen molar-refractivity contribution in [3.8, 4) is 11.5 Å². The molecule has 1 heterocycles. The summed E-state index contributed by atoms with van der Waals surface area (Å²) in [5, 5.41) is 3.51. The van der Waals surface area contributed by atoms with Crippen LogP contribution in [-0.2, 0) is 0 Å². The quantitative estimate of drug-likeness (QED) is 0.875. The fourth-order valence-electron chi connectivity index (χ4n) is 1.88. The lowest BCUT2D eigenvalue weighted by Gasteiger charge is -2.25. The molecule has 0 saturated carbocycles. The third-order valence-corrected chi connectivity index (χ3v) is 3.80. The van der Waals surface area contributed by atoms with E-state index < -0.39 is 0 Å². The van der Waals surface area contributed by atoms with Gasteiger partial charge < -0.3 is 14.8 Å². The van der Waals surface area contributed by atoms with Gasteiger partial charge in [-0.15, -0.1) is 0 Å².